The first-order chi connectivity index (χ1) is 9.71. The van der Waals surface area contributed by atoms with Gasteiger partial charge in [0.1, 0.15) is 0 Å². The molecule has 0 atom stereocenters. The summed E-state index contributed by atoms with van der Waals surface area (Å²) < 4.78 is 0.780. The van der Waals surface area contributed by atoms with Crippen LogP contribution in [0.2, 0.25) is 0 Å². The number of carbonyl (C=O) groups excluding carboxylic acids is 1. The molecule has 0 saturated heterocycles. The molecule has 2 rings (SSSR count). The lowest BCUT2D eigenvalue weighted by Gasteiger charge is -2.40. The van der Waals surface area contributed by atoms with Crippen molar-refractivity contribution in [3.8, 4) is 0 Å². The smallest absolute Gasteiger partial charge is 0.252 e. The van der Waals surface area contributed by atoms with Crippen molar-refractivity contribution < 1.29 is 9.90 Å². The highest BCUT2D eigenvalue weighted by Gasteiger charge is 2.36. The maximum Gasteiger partial charge on any atom is 0.252 e. The van der Waals surface area contributed by atoms with Crippen LogP contribution in [0, 0.1) is 12.3 Å². The number of benzene rings is 1. The topological polar surface area (TPSA) is 49.3 Å². The van der Waals surface area contributed by atoms with Crippen LogP contribution in [0.1, 0.15) is 55.5 Å². The average molecular weight is 354 g/mol. The van der Waals surface area contributed by atoms with E-state index in [4.69, 9.17) is 0 Å². The van der Waals surface area contributed by atoms with Gasteiger partial charge >= 0.3 is 0 Å². The largest absolute Gasteiger partial charge is 0.388 e. The Morgan fingerprint density at radius 2 is 1.90 bits per heavy atom. The van der Waals surface area contributed by atoms with Crippen LogP contribution < -0.4 is 5.32 Å². The Labute approximate surface area is 135 Å². The van der Waals surface area contributed by atoms with Crippen LogP contribution in [-0.2, 0) is 0 Å². The summed E-state index contributed by atoms with van der Waals surface area (Å²) in [6.45, 7) is 6.74. The molecule has 1 amide bonds. The van der Waals surface area contributed by atoms with E-state index in [1.54, 1.807) is 0 Å². The van der Waals surface area contributed by atoms with E-state index in [1.807, 2.05) is 25.1 Å². The fraction of sp³-hybridized carbons (Fsp3) is 0.588. The van der Waals surface area contributed by atoms with Gasteiger partial charge in [0.15, 0.2) is 0 Å². The summed E-state index contributed by atoms with van der Waals surface area (Å²) in [5.74, 6) is -0.135. The fourth-order valence-electron chi connectivity index (χ4n) is 2.72. The van der Waals surface area contributed by atoms with Crippen molar-refractivity contribution in [1.82, 2.24) is 5.32 Å². The zero-order valence-electron chi connectivity index (χ0n) is 13.0. The molecule has 21 heavy (non-hydrogen) atoms. The minimum atomic E-state index is -0.762. The van der Waals surface area contributed by atoms with Crippen LogP contribution >= 0.6 is 15.9 Å². The van der Waals surface area contributed by atoms with E-state index in [9.17, 15) is 9.90 Å². The summed E-state index contributed by atoms with van der Waals surface area (Å²) in [4.78, 5) is 12.3. The lowest BCUT2D eigenvalue weighted by Crippen LogP contribution is -2.46. The number of amides is 1. The number of aliphatic hydroxyl groups is 1. The number of halogens is 1. The fourth-order valence-corrected chi connectivity index (χ4v) is 3.15. The van der Waals surface area contributed by atoms with Crippen LogP contribution in [0.25, 0.3) is 0 Å². The van der Waals surface area contributed by atoms with Gasteiger partial charge in [0, 0.05) is 11.0 Å². The van der Waals surface area contributed by atoms with E-state index >= 15 is 0 Å². The molecular weight excluding hydrogens is 330 g/mol. The van der Waals surface area contributed by atoms with Crippen LogP contribution in [0.5, 0.6) is 0 Å². The van der Waals surface area contributed by atoms with E-state index in [-0.39, 0.29) is 5.91 Å². The van der Waals surface area contributed by atoms with Gasteiger partial charge in [-0.05, 0) is 66.1 Å². The van der Waals surface area contributed by atoms with Crippen LogP contribution in [0.3, 0.4) is 0 Å². The molecule has 0 radical (unpaired) electrons. The van der Waals surface area contributed by atoms with Gasteiger partial charge in [-0.1, -0.05) is 25.5 Å². The Morgan fingerprint density at radius 1 is 1.29 bits per heavy atom. The molecule has 1 aliphatic rings. The quantitative estimate of drug-likeness (QED) is 0.867. The Balaban J connectivity index is 1.97. The van der Waals surface area contributed by atoms with Gasteiger partial charge in [-0.2, -0.15) is 0 Å². The summed E-state index contributed by atoms with van der Waals surface area (Å²) in [6, 6.07) is 5.69. The Hall–Kier alpha value is -0.870. The number of nitrogens with one attached hydrogen (secondary N) is 1. The van der Waals surface area contributed by atoms with Gasteiger partial charge < -0.3 is 10.4 Å². The summed E-state index contributed by atoms with van der Waals surface area (Å²) in [6.07, 6.45) is 3.48. The predicted octanol–water partition coefficient (Wildman–Crippen LogP) is 3.82. The number of hydrogen-bond donors (Lipinski definition) is 2. The lowest BCUT2D eigenvalue weighted by atomic mass is 9.71. The molecule has 2 N–H and O–H groups in total. The molecule has 0 unspecified atom stereocenters. The average Bonchev–Trinajstić information content (AvgIpc) is 2.43. The molecule has 0 aliphatic heterocycles. The molecule has 3 nitrogen and oxygen atoms in total. The second kappa shape index (κ2) is 6.09. The van der Waals surface area contributed by atoms with Crippen molar-refractivity contribution in [3.63, 3.8) is 0 Å². The van der Waals surface area contributed by atoms with Gasteiger partial charge in [0.05, 0.1) is 11.2 Å². The molecule has 1 aromatic rings. The van der Waals surface area contributed by atoms with Gasteiger partial charge in [0.25, 0.3) is 5.91 Å². The van der Waals surface area contributed by atoms with Gasteiger partial charge in [-0.3, -0.25) is 4.79 Å². The monoisotopic (exact) mass is 353 g/mol. The predicted molar refractivity (Wildman–Crippen MR) is 88.4 cm³/mol. The molecule has 116 valence electrons. The second-order valence-corrected chi connectivity index (χ2v) is 7.91. The van der Waals surface area contributed by atoms with Gasteiger partial charge in [-0.25, -0.2) is 0 Å². The second-order valence-electron chi connectivity index (χ2n) is 7.05. The van der Waals surface area contributed by atoms with Gasteiger partial charge in [-0.15, -0.1) is 0 Å². The van der Waals surface area contributed by atoms with E-state index in [2.05, 4.69) is 35.1 Å². The summed E-state index contributed by atoms with van der Waals surface area (Å²) in [7, 11) is 0. The van der Waals surface area contributed by atoms with Gasteiger partial charge in [0.2, 0.25) is 0 Å². The van der Waals surface area contributed by atoms with Crippen molar-refractivity contribution in [2.45, 2.75) is 52.1 Å². The van der Waals surface area contributed by atoms with Crippen LogP contribution in [0.15, 0.2) is 22.7 Å². The maximum atomic E-state index is 12.3. The van der Waals surface area contributed by atoms with E-state index < -0.39 is 5.60 Å². The maximum absolute atomic E-state index is 12.3. The molecule has 0 aromatic heterocycles. The normalized spacial score (nSPS) is 20.0. The molecular formula is C17H24BrNO2. The van der Waals surface area contributed by atoms with E-state index in [0.29, 0.717) is 17.5 Å². The van der Waals surface area contributed by atoms with Crippen molar-refractivity contribution in [3.05, 3.63) is 33.8 Å². The molecule has 4 heteroatoms. The van der Waals surface area contributed by atoms with Crippen LogP contribution in [0.4, 0.5) is 0 Å². The SMILES string of the molecule is Cc1ccc(Br)c(C(=O)NCC2(O)CCC(C)(C)CC2)c1. The summed E-state index contributed by atoms with van der Waals surface area (Å²) in [5, 5.41) is 13.5. The third kappa shape index (κ3) is 4.30. The highest BCUT2D eigenvalue weighted by atomic mass is 79.9. The summed E-state index contributed by atoms with van der Waals surface area (Å²) in [5.41, 5.74) is 1.20. The molecule has 0 spiro atoms. The van der Waals surface area contributed by atoms with E-state index in [1.165, 1.54) is 0 Å². The van der Waals surface area contributed by atoms with Crippen LogP contribution in [-0.4, -0.2) is 23.2 Å². The molecule has 1 aliphatic carbocycles. The third-order valence-corrected chi connectivity index (χ3v) is 5.17. The Morgan fingerprint density at radius 3 is 2.52 bits per heavy atom. The Bertz CT molecular complexity index is 530. The molecule has 1 fully saturated rings. The third-order valence-electron chi connectivity index (χ3n) is 4.48. The Kier molecular flexibility index (Phi) is 4.79. The number of aryl methyl sites for hydroxylation is 1. The minimum Gasteiger partial charge on any atom is -0.388 e. The van der Waals surface area contributed by atoms with Crippen molar-refractivity contribution in [2.75, 3.05) is 6.54 Å². The first kappa shape index (κ1) is 16.5. The molecule has 1 saturated carbocycles. The first-order valence-corrected chi connectivity index (χ1v) is 8.27. The van der Waals surface area contributed by atoms with Crippen molar-refractivity contribution >= 4 is 21.8 Å². The van der Waals surface area contributed by atoms with Crippen molar-refractivity contribution in [1.29, 1.82) is 0 Å². The minimum absolute atomic E-state index is 0.135. The molecule has 0 bridgehead atoms. The first-order valence-electron chi connectivity index (χ1n) is 7.48. The number of hydrogen-bond acceptors (Lipinski definition) is 2. The number of rotatable bonds is 3. The van der Waals surface area contributed by atoms with Crippen molar-refractivity contribution in [2.24, 2.45) is 5.41 Å². The zero-order chi connectivity index (χ0) is 15.7. The standard InChI is InChI=1S/C17H24BrNO2/c1-12-4-5-14(18)13(10-12)15(20)19-11-17(21)8-6-16(2,3)7-9-17/h4-5,10,21H,6-9,11H2,1-3H3,(H,19,20). The molecule has 1 aromatic carbocycles. The van der Waals surface area contributed by atoms with E-state index in [0.717, 1.165) is 35.7 Å². The molecule has 0 heterocycles. The summed E-state index contributed by atoms with van der Waals surface area (Å²) >= 11 is 3.40. The lowest BCUT2D eigenvalue weighted by molar-refractivity contribution is -0.0233. The zero-order valence-corrected chi connectivity index (χ0v) is 14.6. The number of carbonyl (C=O) groups is 1. The highest BCUT2D eigenvalue weighted by Crippen LogP contribution is 2.39. The highest BCUT2D eigenvalue weighted by molar-refractivity contribution is 9.10.